The van der Waals surface area contributed by atoms with Crippen LogP contribution in [-0.2, 0) is 5.41 Å². The quantitative estimate of drug-likeness (QED) is 0.885. The Balaban J connectivity index is 2.29. The van der Waals surface area contributed by atoms with Crippen molar-refractivity contribution in [1.29, 1.82) is 0 Å². The van der Waals surface area contributed by atoms with Crippen LogP contribution in [0.25, 0.3) is 0 Å². The summed E-state index contributed by atoms with van der Waals surface area (Å²) in [7, 11) is 0. The molecule has 0 unspecified atom stereocenters. The molecule has 1 aliphatic heterocycles. The van der Waals surface area contributed by atoms with Gasteiger partial charge in [-0.05, 0) is 22.0 Å². The first-order valence-electron chi connectivity index (χ1n) is 8.25. The third-order valence-corrected chi connectivity index (χ3v) is 4.43. The summed E-state index contributed by atoms with van der Waals surface area (Å²) in [4.78, 5) is 2.64. The molecule has 0 aromatic heterocycles. The van der Waals surface area contributed by atoms with Crippen LogP contribution in [0.15, 0.2) is 24.3 Å². The largest absolute Gasteiger partial charge is 0.314 e. The molecule has 1 N–H and O–H groups in total. The van der Waals surface area contributed by atoms with Gasteiger partial charge in [-0.3, -0.25) is 4.90 Å². The second-order valence-corrected chi connectivity index (χ2v) is 8.43. The normalized spacial score (nSPS) is 19.5. The van der Waals surface area contributed by atoms with Crippen molar-refractivity contribution in [2.75, 3.05) is 26.2 Å². The number of hydrogen-bond donors (Lipinski definition) is 1. The standard InChI is InChI=1S/C19H32N2/c1-18(2,3)16-9-7-15(8-10-16)17(19(4,5)6)21-13-11-20-12-14-21/h7-10,17,20H,11-14H2,1-6H3/t17-/m1/s1. The highest BCUT2D eigenvalue weighted by atomic mass is 15.2. The van der Waals surface area contributed by atoms with Gasteiger partial charge >= 0.3 is 0 Å². The summed E-state index contributed by atoms with van der Waals surface area (Å²) < 4.78 is 0. The maximum Gasteiger partial charge on any atom is 0.0397 e. The van der Waals surface area contributed by atoms with E-state index in [1.807, 2.05) is 0 Å². The average molecular weight is 288 g/mol. The van der Waals surface area contributed by atoms with Crippen LogP contribution in [0.5, 0.6) is 0 Å². The Labute approximate surface area is 130 Å². The molecular formula is C19H32N2. The number of rotatable bonds is 2. The number of nitrogens with zero attached hydrogens (tertiary/aromatic N) is 1. The van der Waals surface area contributed by atoms with E-state index in [0.717, 1.165) is 26.2 Å². The Kier molecular flexibility index (Phi) is 4.79. The minimum atomic E-state index is 0.227. The Morgan fingerprint density at radius 1 is 0.905 bits per heavy atom. The molecule has 21 heavy (non-hydrogen) atoms. The van der Waals surface area contributed by atoms with Crippen molar-refractivity contribution in [2.24, 2.45) is 5.41 Å². The fourth-order valence-corrected chi connectivity index (χ4v) is 3.36. The van der Waals surface area contributed by atoms with Gasteiger partial charge in [-0.2, -0.15) is 0 Å². The summed E-state index contributed by atoms with van der Waals surface area (Å²) in [6, 6.07) is 9.82. The lowest BCUT2D eigenvalue weighted by atomic mass is 9.79. The zero-order valence-electron chi connectivity index (χ0n) is 14.7. The molecule has 1 heterocycles. The van der Waals surface area contributed by atoms with Crippen molar-refractivity contribution in [3.63, 3.8) is 0 Å². The van der Waals surface area contributed by atoms with Gasteiger partial charge in [0.2, 0.25) is 0 Å². The molecular weight excluding hydrogens is 256 g/mol. The highest BCUT2D eigenvalue weighted by molar-refractivity contribution is 5.30. The van der Waals surface area contributed by atoms with Gasteiger partial charge in [0.05, 0.1) is 0 Å². The highest BCUT2D eigenvalue weighted by Crippen LogP contribution is 2.38. The molecule has 1 atom stereocenters. The zero-order chi connectivity index (χ0) is 15.7. The summed E-state index contributed by atoms with van der Waals surface area (Å²) in [5, 5.41) is 3.46. The lowest BCUT2D eigenvalue weighted by molar-refractivity contribution is 0.0862. The van der Waals surface area contributed by atoms with Gasteiger partial charge in [-0.15, -0.1) is 0 Å². The number of nitrogens with one attached hydrogen (secondary N) is 1. The molecule has 2 nitrogen and oxygen atoms in total. The second kappa shape index (κ2) is 6.10. The minimum absolute atomic E-state index is 0.227. The van der Waals surface area contributed by atoms with E-state index in [-0.39, 0.29) is 10.8 Å². The van der Waals surface area contributed by atoms with Crippen LogP contribution in [-0.4, -0.2) is 31.1 Å². The van der Waals surface area contributed by atoms with Crippen LogP contribution in [0.2, 0.25) is 0 Å². The van der Waals surface area contributed by atoms with Crippen LogP contribution < -0.4 is 5.32 Å². The van der Waals surface area contributed by atoms with Gasteiger partial charge in [0.15, 0.2) is 0 Å². The van der Waals surface area contributed by atoms with Crippen molar-refractivity contribution in [3.8, 4) is 0 Å². The number of benzene rings is 1. The Morgan fingerprint density at radius 2 is 1.43 bits per heavy atom. The fourth-order valence-electron chi connectivity index (χ4n) is 3.36. The molecule has 1 fully saturated rings. The van der Waals surface area contributed by atoms with Crippen LogP contribution in [0.3, 0.4) is 0 Å². The zero-order valence-corrected chi connectivity index (χ0v) is 14.7. The first kappa shape index (κ1) is 16.5. The topological polar surface area (TPSA) is 15.3 Å². The molecule has 1 aromatic carbocycles. The molecule has 1 saturated heterocycles. The molecule has 0 bridgehead atoms. The van der Waals surface area contributed by atoms with Crippen molar-refractivity contribution >= 4 is 0 Å². The van der Waals surface area contributed by atoms with Gasteiger partial charge in [0, 0.05) is 32.2 Å². The van der Waals surface area contributed by atoms with E-state index in [2.05, 4.69) is 76.0 Å². The van der Waals surface area contributed by atoms with E-state index in [1.54, 1.807) is 0 Å². The summed E-state index contributed by atoms with van der Waals surface area (Å²) in [5.41, 5.74) is 3.35. The van der Waals surface area contributed by atoms with Crippen molar-refractivity contribution in [1.82, 2.24) is 10.2 Å². The van der Waals surface area contributed by atoms with Gasteiger partial charge in [-0.1, -0.05) is 65.8 Å². The predicted molar refractivity (Wildman–Crippen MR) is 91.8 cm³/mol. The molecule has 1 aromatic rings. The monoisotopic (exact) mass is 288 g/mol. The predicted octanol–water partition coefficient (Wildman–Crippen LogP) is 3.98. The fraction of sp³-hybridized carbons (Fsp3) is 0.684. The summed E-state index contributed by atoms with van der Waals surface area (Å²) in [6.45, 7) is 18.4. The van der Waals surface area contributed by atoms with Crippen molar-refractivity contribution < 1.29 is 0 Å². The molecule has 0 saturated carbocycles. The van der Waals surface area contributed by atoms with Crippen LogP contribution >= 0.6 is 0 Å². The molecule has 118 valence electrons. The highest BCUT2D eigenvalue weighted by Gasteiger charge is 2.32. The third kappa shape index (κ3) is 4.08. The van der Waals surface area contributed by atoms with Crippen LogP contribution in [0.4, 0.5) is 0 Å². The average Bonchev–Trinajstić information content (AvgIpc) is 2.38. The van der Waals surface area contributed by atoms with Gasteiger partial charge < -0.3 is 5.32 Å². The second-order valence-electron chi connectivity index (χ2n) is 8.43. The van der Waals surface area contributed by atoms with E-state index in [1.165, 1.54) is 11.1 Å². The lowest BCUT2D eigenvalue weighted by Gasteiger charge is -2.42. The van der Waals surface area contributed by atoms with Gasteiger partial charge in [-0.25, -0.2) is 0 Å². The SMILES string of the molecule is CC(C)(C)c1ccc([C@@H](N2CCNCC2)C(C)(C)C)cc1. The van der Waals surface area contributed by atoms with Crippen LogP contribution in [0, 0.1) is 5.41 Å². The Hall–Kier alpha value is -0.860. The molecule has 2 heteroatoms. The van der Waals surface area contributed by atoms with Crippen molar-refractivity contribution in [3.05, 3.63) is 35.4 Å². The number of hydrogen-bond acceptors (Lipinski definition) is 2. The first-order valence-corrected chi connectivity index (χ1v) is 8.25. The Morgan fingerprint density at radius 3 is 1.86 bits per heavy atom. The Bertz CT molecular complexity index is 442. The molecule has 0 aliphatic carbocycles. The van der Waals surface area contributed by atoms with Gasteiger partial charge in [0.1, 0.15) is 0 Å². The molecule has 0 amide bonds. The lowest BCUT2D eigenvalue weighted by Crippen LogP contribution is -2.48. The summed E-state index contributed by atoms with van der Waals surface area (Å²) in [6.07, 6.45) is 0. The molecule has 1 aliphatic rings. The van der Waals surface area contributed by atoms with Gasteiger partial charge in [0.25, 0.3) is 0 Å². The number of piperazine rings is 1. The van der Waals surface area contributed by atoms with E-state index in [4.69, 9.17) is 0 Å². The summed E-state index contributed by atoms with van der Waals surface area (Å²) >= 11 is 0. The van der Waals surface area contributed by atoms with E-state index >= 15 is 0 Å². The van der Waals surface area contributed by atoms with E-state index in [0.29, 0.717) is 6.04 Å². The molecule has 2 rings (SSSR count). The maximum atomic E-state index is 3.46. The molecule has 0 radical (unpaired) electrons. The minimum Gasteiger partial charge on any atom is -0.314 e. The van der Waals surface area contributed by atoms with E-state index in [9.17, 15) is 0 Å². The maximum absolute atomic E-state index is 3.46. The third-order valence-electron chi connectivity index (χ3n) is 4.43. The van der Waals surface area contributed by atoms with Crippen LogP contribution in [0.1, 0.15) is 58.7 Å². The first-order chi connectivity index (χ1) is 9.69. The smallest absolute Gasteiger partial charge is 0.0397 e. The summed E-state index contributed by atoms with van der Waals surface area (Å²) in [5.74, 6) is 0. The van der Waals surface area contributed by atoms with Crippen molar-refractivity contribution in [2.45, 2.75) is 53.0 Å². The van der Waals surface area contributed by atoms with E-state index < -0.39 is 0 Å². The molecule has 0 spiro atoms.